The number of amides is 1. The van der Waals surface area contributed by atoms with Gasteiger partial charge in [0.15, 0.2) is 0 Å². The molecule has 0 aromatic carbocycles. The van der Waals surface area contributed by atoms with E-state index in [4.69, 9.17) is 5.73 Å². The van der Waals surface area contributed by atoms with Gasteiger partial charge in [-0.15, -0.1) is 0 Å². The Kier molecular flexibility index (Phi) is 4.36. The predicted molar refractivity (Wildman–Crippen MR) is 73.0 cm³/mol. The molecule has 2 saturated carbocycles. The van der Waals surface area contributed by atoms with Crippen molar-refractivity contribution >= 4 is 17.7 Å². The van der Waals surface area contributed by atoms with Gasteiger partial charge in [-0.1, -0.05) is 12.8 Å². The number of thioether (sulfide) groups is 1. The first kappa shape index (κ1) is 13.2. The van der Waals surface area contributed by atoms with Gasteiger partial charge in [0.1, 0.15) is 5.54 Å². The smallest absolute Gasteiger partial charge is 0.238 e. The fraction of sp³-hybridized carbons (Fsp3) is 0.923. The Bertz CT molecular complexity index is 275. The molecule has 17 heavy (non-hydrogen) atoms. The summed E-state index contributed by atoms with van der Waals surface area (Å²) in [6.07, 6.45) is 7.82. The lowest BCUT2D eigenvalue weighted by Gasteiger charge is -2.30. The lowest BCUT2D eigenvalue weighted by atomic mass is 9.95. The molecule has 1 atom stereocenters. The number of hydrogen-bond donors (Lipinski definition) is 2. The molecular formula is C13H24N2OS. The van der Waals surface area contributed by atoms with Crippen LogP contribution in [0, 0.1) is 11.8 Å². The van der Waals surface area contributed by atoms with Crippen LogP contribution < -0.4 is 11.1 Å². The number of primary amides is 1. The summed E-state index contributed by atoms with van der Waals surface area (Å²) in [7, 11) is 1.87. The predicted octanol–water partition coefficient (Wildman–Crippen LogP) is 1.76. The molecule has 0 saturated heterocycles. The molecular weight excluding hydrogens is 232 g/mol. The van der Waals surface area contributed by atoms with Crippen molar-refractivity contribution in [2.75, 3.05) is 18.6 Å². The lowest BCUT2D eigenvalue weighted by molar-refractivity contribution is -0.124. The zero-order valence-electron chi connectivity index (χ0n) is 10.7. The molecule has 4 heteroatoms. The van der Waals surface area contributed by atoms with Gasteiger partial charge in [0.25, 0.3) is 0 Å². The maximum atomic E-state index is 11.7. The first-order valence-electron chi connectivity index (χ1n) is 6.75. The van der Waals surface area contributed by atoms with Crippen molar-refractivity contribution in [1.82, 2.24) is 5.32 Å². The fourth-order valence-electron chi connectivity index (χ4n) is 2.93. The average molecular weight is 256 g/mol. The molecule has 3 nitrogen and oxygen atoms in total. The van der Waals surface area contributed by atoms with E-state index in [1.165, 1.54) is 31.4 Å². The highest BCUT2D eigenvalue weighted by Crippen LogP contribution is 2.41. The van der Waals surface area contributed by atoms with Crippen LogP contribution in [0.1, 0.15) is 38.5 Å². The van der Waals surface area contributed by atoms with Crippen molar-refractivity contribution in [3.05, 3.63) is 0 Å². The Morgan fingerprint density at radius 1 is 1.35 bits per heavy atom. The number of rotatable bonds is 7. The molecule has 0 bridgehead atoms. The third-order valence-corrected chi connectivity index (χ3v) is 5.68. The number of carbonyl (C=O) groups is 1. The molecule has 2 aliphatic rings. The van der Waals surface area contributed by atoms with E-state index < -0.39 is 5.54 Å². The summed E-state index contributed by atoms with van der Waals surface area (Å²) < 4.78 is 0. The summed E-state index contributed by atoms with van der Waals surface area (Å²) in [5.41, 5.74) is 5.16. The quantitative estimate of drug-likeness (QED) is 0.730. The first-order valence-corrected chi connectivity index (χ1v) is 7.91. The van der Waals surface area contributed by atoms with Crippen LogP contribution in [0.5, 0.6) is 0 Å². The summed E-state index contributed by atoms with van der Waals surface area (Å²) in [5, 5.41) is 3.21. The highest BCUT2D eigenvalue weighted by molar-refractivity contribution is 7.99. The first-order chi connectivity index (χ1) is 8.19. The van der Waals surface area contributed by atoms with Crippen molar-refractivity contribution in [1.29, 1.82) is 0 Å². The van der Waals surface area contributed by atoms with Gasteiger partial charge in [0, 0.05) is 5.75 Å². The molecule has 0 aromatic heterocycles. The second-order valence-electron chi connectivity index (χ2n) is 5.53. The Balaban J connectivity index is 1.82. The molecule has 1 amide bonds. The van der Waals surface area contributed by atoms with Gasteiger partial charge in [-0.2, -0.15) is 11.8 Å². The van der Waals surface area contributed by atoms with Crippen LogP contribution in [0.15, 0.2) is 0 Å². The Morgan fingerprint density at radius 3 is 2.47 bits per heavy atom. The SMILES string of the molecule is CNC(CSCC1CCCC1)(C(N)=O)C1CC1. The zero-order chi connectivity index (χ0) is 12.3. The van der Waals surface area contributed by atoms with Crippen molar-refractivity contribution in [3.8, 4) is 0 Å². The van der Waals surface area contributed by atoms with Crippen LogP contribution in [0.2, 0.25) is 0 Å². The van der Waals surface area contributed by atoms with E-state index in [9.17, 15) is 4.79 Å². The van der Waals surface area contributed by atoms with E-state index in [1.807, 2.05) is 18.8 Å². The van der Waals surface area contributed by atoms with Gasteiger partial charge >= 0.3 is 0 Å². The Hall–Kier alpha value is -0.220. The zero-order valence-corrected chi connectivity index (χ0v) is 11.5. The summed E-state index contributed by atoms with van der Waals surface area (Å²) in [4.78, 5) is 11.7. The van der Waals surface area contributed by atoms with Crippen LogP contribution in [0.4, 0.5) is 0 Å². The normalized spacial score (nSPS) is 24.8. The summed E-state index contributed by atoms with van der Waals surface area (Å²) in [6.45, 7) is 0. The summed E-state index contributed by atoms with van der Waals surface area (Å²) in [5.74, 6) is 3.23. The standard InChI is InChI=1S/C13H24N2OS/c1-15-13(12(14)16,11-6-7-11)9-17-8-10-4-2-3-5-10/h10-11,15H,2-9H2,1H3,(H2,14,16). The van der Waals surface area contributed by atoms with Crippen molar-refractivity contribution in [2.45, 2.75) is 44.1 Å². The van der Waals surface area contributed by atoms with Crippen LogP contribution in [0.25, 0.3) is 0 Å². The van der Waals surface area contributed by atoms with Gasteiger partial charge in [-0.3, -0.25) is 4.79 Å². The second kappa shape index (κ2) is 5.61. The van der Waals surface area contributed by atoms with Crippen LogP contribution >= 0.6 is 11.8 Å². The molecule has 2 fully saturated rings. The fourth-order valence-corrected chi connectivity index (χ4v) is 4.56. The monoisotopic (exact) mass is 256 g/mol. The van der Waals surface area contributed by atoms with E-state index in [-0.39, 0.29) is 5.91 Å². The molecule has 0 radical (unpaired) electrons. The minimum Gasteiger partial charge on any atom is -0.368 e. The van der Waals surface area contributed by atoms with Crippen LogP contribution in [-0.4, -0.2) is 30.0 Å². The lowest BCUT2D eigenvalue weighted by Crippen LogP contribution is -2.58. The average Bonchev–Trinajstić information content (AvgIpc) is 3.03. The molecule has 0 spiro atoms. The third kappa shape index (κ3) is 2.97. The minimum absolute atomic E-state index is 0.165. The van der Waals surface area contributed by atoms with Gasteiger partial charge in [-0.05, 0) is 50.3 Å². The van der Waals surface area contributed by atoms with Gasteiger partial charge in [0.05, 0.1) is 0 Å². The van der Waals surface area contributed by atoms with E-state index in [0.717, 1.165) is 24.5 Å². The van der Waals surface area contributed by atoms with Crippen molar-refractivity contribution in [3.63, 3.8) is 0 Å². The third-order valence-electron chi connectivity index (χ3n) is 4.32. The van der Waals surface area contributed by atoms with E-state index in [1.54, 1.807) is 0 Å². The molecule has 2 rings (SSSR count). The summed E-state index contributed by atoms with van der Waals surface area (Å²) >= 11 is 1.92. The largest absolute Gasteiger partial charge is 0.368 e. The molecule has 0 aromatic rings. The maximum Gasteiger partial charge on any atom is 0.238 e. The highest BCUT2D eigenvalue weighted by atomic mass is 32.2. The number of likely N-dealkylation sites (N-methyl/N-ethyl adjacent to an activating group) is 1. The molecule has 98 valence electrons. The van der Waals surface area contributed by atoms with Gasteiger partial charge in [0.2, 0.25) is 5.91 Å². The number of nitrogens with one attached hydrogen (secondary N) is 1. The second-order valence-corrected chi connectivity index (χ2v) is 6.56. The van der Waals surface area contributed by atoms with Gasteiger partial charge in [-0.25, -0.2) is 0 Å². The van der Waals surface area contributed by atoms with E-state index in [2.05, 4.69) is 5.32 Å². The minimum atomic E-state index is -0.441. The van der Waals surface area contributed by atoms with Gasteiger partial charge < -0.3 is 11.1 Å². The van der Waals surface area contributed by atoms with Crippen LogP contribution in [-0.2, 0) is 4.79 Å². The number of carbonyl (C=O) groups excluding carboxylic acids is 1. The van der Waals surface area contributed by atoms with Crippen LogP contribution in [0.3, 0.4) is 0 Å². The van der Waals surface area contributed by atoms with E-state index >= 15 is 0 Å². The summed E-state index contributed by atoms with van der Waals surface area (Å²) in [6, 6.07) is 0. The van der Waals surface area contributed by atoms with Crippen molar-refractivity contribution < 1.29 is 4.79 Å². The number of hydrogen-bond acceptors (Lipinski definition) is 3. The topological polar surface area (TPSA) is 55.1 Å². The molecule has 1 unspecified atom stereocenters. The Morgan fingerprint density at radius 2 is 2.00 bits per heavy atom. The number of nitrogens with two attached hydrogens (primary N) is 1. The van der Waals surface area contributed by atoms with E-state index in [0.29, 0.717) is 5.92 Å². The Labute approximate surface area is 108 Å². The molecule has 0 aliphatic heterocycles. The van der Waals surface area contributed by atoms with Crippen molar-refractivity contribution in [2.24, 2.45) is 17.6 Å². The molecule has 2 aliphatic carbocycles. The molecule has 0 heterocycles. The highest BCUT2D eigenvalue weighted by Gasteiger charge is 2.48. The maximum absolute atomic E-state index is 11.7. The molecule has 3 N–H and O–H groups in total.